The molecule has 0 spiro atoms. The highest BCUT2D eigenvalue weighted by atomic mass is 32.3. The van der Waals surface area contributed by atoms with E-state index in [0.29, 0.717) is 10.3 Å². The maximum atomic E-state index is 12.3. The zero-order chi connectivity index (χ0) is 31.5. The Morgan fingerprint density at radius 3 is 1.41 bits per heavy atom. The van der Waals surface area contributed by atoms with E-state index in [9.17, 15) is 60.7 Å². The Balaban J connectivity index is 0.000000748. The third kappa shape index (κ3) is 8.69. The normalized spacial score (nSPS) is 14.6. The van der Waals surface area contributed by atoms with E-state index in [1.165, 1.54) is 5.56 Å². The number of rotatable bonds is 9. The molecule has 0 saturated carbocycles. The number of aromatic nitrogens is 1. The van der Waals surface area contributed by atoms with Gasteiger partial charge in [0.25, 0.3) is 0 Å². The summed E-state index contributed by atoms with van der Waals surface area (Å²) in [6.45, 7) is 6.58. The highest BCUT2D eigenvalue weighted by Crippen LogP contribution is 2.47. The van der Waals surface area contributed by atoms with Gasteiger partial charge < -0.3 is 17.4 Å². The molecule has 0 fully saturated rings. The molecule has 0 N–H and O–H groups in total. The lowest BCUT2D eigenvalue weighted by Crippen LogP contribution is -2.56. The van der Waals surface area contributed by atoms with E-state index in [0.717, 1.165) is 0 Å². The van der Waals surface area contributed by atoms with Crippen LogP contribution in [0.25, 0.3) is 4.13 Å². The molecule has 230 valence electrons. The van der Waals surface area contributed by atoms with Crippen molar-refractivity contribution in [3.8, 4) is 0 Å². The van der Waals surface area contributed by atoms with Crippen LogP contribution in [0.4, 0.5) is 43.9 Å². The molecule has 0 unspecified atom stereocenters. The number of pyridine rings is 1. The minimum absolute atomic E-state index is 0.125. The van der Waals surface area contributed by atoms with Crippen molar-refractivity contribution in [3.63, 3.8) is 0 Å². The lowest BCUT2D eigenvalue weighted by molar-refractivity contribution is -0.685. The number of hydrogen-bond acceptors (Lipinski definition) is 7. The van der Waals surface area contributed by atoms with E-state index in [2.05, 4.69) is 37.6 Å². The predicted octanol–water partition coefficient (Wildman–Crippen LogP) is 4.02. The molecule has 0 aromatic carbocycles. The fourth-order valence-electron chi connectivity index (χ4n) is 2.25. The molecular formula is C17H24F10N2O7S2Si. The zero-order valence-corrected chi connectivity index (χ0v) is 23.5. The van der Waals surface area contributed by atoms with Crippen LogP contribution >= 0.6 is 0 Å². The first-order chi connectivity index (χ1) is 17.1. The second kappa shape index (κ2) is 12.1. The van der Waals surface area contributed by atoms with Crippen molar-refractivity contribution in [2.24, 2.45) is 0 Å². The first kappa shape index (κ1) is 37.4. The van der Waals surface area contributed by atoms with Crippen LogP contribution in [0.1, 0.15) is 26.3 Å². The molecule has 39 heavy (non-hydrogen) atoms. The molecule has 0 amide bonds. The van der Waals surface area contributed by atoms with E-state index in [1.807, 2.05) is 12.3 Å². The summed E-state index contributed by atoms with van der Waals surface area (Å²) in [4.78, 5) is 0. The van der Waals surface area contributed by atoms with Crippen molar-refractivity contribution < 1.29 is 78.6 Å². The van der Waals surface area contributed by atoms with Crippen molar-refractivity contribution in [2.75, 3.05) is 21.3 Å². The zero-order valence-electron chi connectivity index (χ0n) is 20.9. The van der Waals surface area contributed by atoms with Crippen LogP contribution in [0.3, 0.4) is 0 Å². The summed E-state index contributed by atoms with van der Waals surface area (Å²) in [5, 5.41) is -14.0. The standard InChI is InChI=1S/C13H24NO3Si.C4F10NO4S2/c1-13(2,3)12-8-7-9-14(10-12)11-18(15-4,16-5)17-6;5-1(6,7)3(11,12)20(16,17)15-21(18,19)4(13,14)2(8,9)10/h7-10H,11H2,1-6H3;/q+1;-1. The molecule has 1 heterocycles. The molecule has 9 nitrogen and oxygen atoms in total. The first-order valence-corrected chi connectivity index (χ1v) is 14.7. The minimum atomic E-state index is -7.62. The van der Waals surface area contributed by atoms with E-state index >= 15 is 0 Å². The molecule has 22 heteroatoms. The van der Waals surface area contributed by atoms with Gasteiger partial charge in [-0.05, 0) is 11.5 Å². The molecule has 0 aliphatic rings. The van der Waals surface area contributed by atoms with Gasteiger partial charge in [0.1, 0.15) is 0 Å². The van der Waals surface area contributed by atoms with Crippen LogP contribution in [0, 0.1) is 0 Å². The largest absolute Gasteiger partial charge is 0.569 e. The van der Waals surface area contributed by atoms with E-state index in [1.54, 1.807) is 21.3 Å². The molecular weight excluding hydrogens is 626 g/mol. The van der Waals surface area contributed by atoms with Crippen LogP contribution in [0.15, 0.2) is 24.5 Å². The van der Waals surface area contributed by atoms with Gasteiger partial charge in [0.05, 0.1) is 0 Å². The summed E-state index contributed by atoms with van der Waals surface area (Å²) in [5.74, 6) is 0. The Morgan fingerprint density at radius 1 is 0.769 bits per heavy atom. The summed E-state index contributed by atoms with van der Waals surface area (Å²) >= 11 is 0. The van der Waals surface area contributed by atoms with Crippen LogP contribution in [-0.2, 0) is 44.9 Å². The Bertz CT molecular complexity index is 1120. The maximum absolute atomic E-state index is 12.3. The van der Waals surface area contributed by atoms with Crippen molar-refractivity contribution in [3.05, 3.63) is 34.2 Å². The third-order valence-corrected chi connectivity index (χ3v) is 10.5. The van der Waals surface area contributed by atoms with Crippen molar-refractivity contribution >= 4 is 28.9 Å². The second-order valence-electron chi connectivity index (χ2n) is 8.36. The van der Waals surface area contributed by atoms with Gasteiger partial charge in [-0.15, -0.1) is 0 Å². The third-order valence-electron chi connectivity index (χ3n) is 4.54. The average Bonchev–Trinajstić information content (AvgIpc) is 2.75. The molecule has 1 aromatic heterocycles. The summed E-state index contributed by atoms with van der Waals surface area (Å²) in [7, 11) is -12.9. The van der Waals surface area contributed by atoms with Crippen molar-refractivity contribution in [1.82, 2.24) is 0 Å². The Kier molecular flexibility index (Phi) is 11.6. The van der Waals surface area contributed by atoms with Gasteiger partial charge in [-0.1, -0.05) is 20.8 Å². The molecule has 0 atom stereocenters. The summed E-state index contributed by atoms with van der Waals surface area (Å²) in [6, 6.07) is 4.17. The maximum Gasteiger partial charge on any atom is 0.569 e. The number of hydrogen-bond donors (Lipinski definition) is 0. The quantitative estimate of drug-likeness (QED) is 0.226. The molecule has 0 bridgehead atoms. The molecule has 1 rings (SSSR count). The number of alkyl halides is 10. The van der Waals surface area contributed by atoms with E-state index in [4.69, 9.17) is 13.3 Å². The lowest BCUT2D eigenvalue weighted by atomic mass is 9.88. The van der Waals surface area contributed by atoms with Gasteiger partial charge in [-0.25, -0.2) is 16.8 Å². The Hall–Kier alpha value is -1.59. The minimum Gasteiger partial charge on any atom is -0.425 e. The van der Waals surface area contributed by atoms with Gasteiger partial charge in [0.2, 0.25) is 6.17 Å². The smallest absolute Gasteiger partial charge is 0.425 e. The number of sulfonamides is 2. The molecule has 0 aliphatic carbocycles. The lowest BCUT2D eigenvalue weighted by Gasteiger charge is -2.31. The summed E-state index contributed by atoms with van der Waals surface area (Å²) < 4.78 is 179. The predicted molar refractivity (Wildman–Crippen MR) is 115 cm³/mol. The average molecular weight is 651 g/mol. The highest BCUT2D eigenvalue weighted by molar-refractivity contribution is 8.13. The monoisotopic (exact) mass is 650 g/mol. The second-order valence-corrected chi connectivity index (χ2v) is 14.8. The summed E-state index contributed by atoms with van der Waals surface area (Å²) in [5.41, 5.74) is 1.40. The molecule has 0 radical (unpaired) electrons. The van der Waals surface area contributed by atoms with Gasteiger partial charge >= 0.3 is 31.7 Å². The van der Waals surface area contributed by atoms with Crippen LogP contribution in [0.5, 0.6) is 0 Å². The topological polar surface area (TPSA) is 114 Å². The van der Waals surface area contributed by atoms with Gasteiger partial charge in [-0.2, -0.15) is 48.5 Å². The molecule has 0 aliphatic heterocycles. The number of halogens is 10. The van der Waals surface area contributed by atoms with Crippen LogP contribution < -0.4 is 4.57 Å². The molecule has 0 saturated heterocycles. The van der Waals surface area contributed by atoms with Crippen LogP contribution in [0.2, 0.25) is 0 Å². The number of nitrogens with zero attached hydrogens (tertiary/aromatic N) is 2. The van der Waals surface area contributed by atoms with Crippen molar-refractivity contribution in [2.45, 2.75) is 55.2 Å². The van der Waals surface area contributed by atoms with Gasteiger partial charge in [0.15, 0.2) is 32.4 Å². The fraction of sp³-hybridized carbons (Fsp3) is 0.706. The first-order valence-electron chi connectivity index (χ1n) is 9.85. The Labute approximate surface area is 218 Å². The van der Waals surface area contributed by atoms with Crippen molar-refractivity contribution in [1.29, 1.82) is 0 Å². The van der Waals surface area contributed by atoms with Gasteiger partial charge in [-0.3, -0.25) is 0 Å². The van der Waals surface area contributed by atoms with Gasteiger partial charge in [0, 0.05) is 33.0 Å². The van der Waals surface area contributed by atoms with Crippen LogP contribution in [-0.4, -0.2) is 69.8 Å². The van der Waals surface area contributed by atoms with E-state index < -0.39 is 51.7 Å². The Morgan fingerprint density at radius 2 is 1.13 bits per heavy atom. The highest BCUT2D eigenvalue weighted by Gasteiger charge is 2.68. The SMILES string of the molecule is CO[Si](C[n+]1cccc(C(C)(C)C)c1)(OC)OC.O=S(=O)([N-]S(=O)(=O)C(F)(F)C(F)(F)F)C(F)(F)C(F)(F)F. The van der Waals surface area contributed by atoms with E-state index in [-0.39, 0.29) is 5.41 Å². The summed E-state index contributed by atoms with van der Waals surface area (Å²) in [6.07, 6.45) is -9.26. The fourth-order valence-corrected chi connectivity index (χ4v) is 6.15. The molecule has 1 aromatic rings.